The number of imide groups is 2. The number of piperidine rings is 1. The van der Waals surface area contributed by atoms with Gasteiger partial charge in [0.25, 0.3) is 11.8 Å². The number of hydrogen-bond donors (Lipinski definition) is 2. The third-order valence-electron chi connectivity index (χ3n) is 7.60. The summed E-state index contributed by atoms with van der Waals surface area (Å²) in [5.74, 6) is -2.14. The maximum Gasteiger partial charge on any atom is 0.264 e. The minimum Gasteiger partial charge on any atom is -0.354 e. The van der Waals surface area contributed by atoms with E-state index in [1.54, 1.807) is 24.4 Å². The summed E-state index contributed by atoms with van der Waals surface area (Å²) in [4.78, 5) is 61.1. The molecule has 4 heterocycles. The Morgan fingerprint density at radius 1 is 0.923 bits per heavy atom. The van der Waals surface area contributed by atoms with E-state index in [9.17, 15) is 19.2 Å². The van der Waals surface area contributed by atoms with Crippen LogP contribution in [0.5, 0.6) is 0 Å². The van der Waals surface area contributed by atoms with E-state index >= 15 is 0 Å². The van der Waals surface area contributed by atoms with Crippen molar-refractivity contribution >= 4 is 46.0 Å². The summed E-state index contributed by atoms with van der Waals surface area (Å²) >= 11 is 0. The predicted molar refractivity (Wildman–Crippen MR) is 142 cm³/mol. The zero-order chi connectivity index (χ0) is 26.8. The number of nitrogens with one attached hydrogen (secondary N) is 2. The number of pyridine rings is 1. The van der Waals surface area contributed by atoms with E-state index in [1.807, 2.05) is 37.5 Å². The number of nitrogens with zero attached hydrogens (tertiary/aromatic N) is 4. The molecule has 2 aliphatic heterocycles. The van der Waals surface area contributed by atoms with Crippen LogP contribution in [0.1, 0.15) is 58.1 Å². The quantitative estimate of drug-likeness (QED) is 0.382. The van der Waals surface area contributed by atoms with Gasteiger partial charge in [-0.2, -0.15) is 0 Å². The summed E-state index contributed by atoms with van der Waals surface area (Å²) in [5, 5.41) is 5.68. The number of carbonyl (C=O) groups is 4. The lowest BCUT2D eigenvalue weighted by molar-refractivity contribution is -0.136. The molecule has 0 spiro atoms. The number of aromatic nitrogens is 3. The van der Waals surface area contributed by atoms with Crippen LogP contribution in [-0.4, -0.2) is 49.1 Å². The second kappa shape index (κ2) is 8.59. The lowest BCUT2D eigenvalue weighted by Gasteiger charge is -2.27. The van der Waals surface area contributed by atoms with Gasteiger partial charge in [-0.25, -0.2) is 4.98 Å². The number of amides is 4. The molecule has 2 N–H and O–H groups in total. The van der Waals surface area contributed by atoms with Gasteiger partial charge in [0, 0.05) is 35.6 Å². The Kier molecular flexibility index (Phi) is 5.12. The molecule has 194 valence electrons. The van der Waals surface area contributed by atoms with Crippen molar-refractivity contribution in [2.75, 3.05) is 5.32 Å². The van der Waals surface area contributed by atoms with Gasteiger partial charge in [0.1, 0.15) is 6.04 Å². The summed E-state index contributed by atoms with van der Waals surface area (Å²) in [5.41, 5.74) is 6.18. The second-order valence-corrected chi connectivity index (χ2v) is 10.3. The molecule has 1 saturated carbocycles. The van der Waals surface area contributed by atoms with Crippen LogP contribution >= 0.6 is 0 Å². The Labute approximate surface area is 223 Å². The zero-order valence-electron chi connectivity index (χ0n) is 21.1. The molecule has 2 aromatic carbocycles. The SMILES string of the molecule is Cc1cc(-c2cc3ncn(C4CC4)c3cc2Nc2cccc3c2C(=O)N(C2CCC(=O)NC2=O)C3=O)ccn1. The molecule has 0 radical (unpaired) electrons. The molecule has 4 aromatic rings. The molecule has 1 atom stereocenters. The summed E-state index contributed by atoms with van der Waals surface area (Å²) in [6, 6.07) is 12.4. The van der Waals surface area contributed by atoms with Crippen LogP contribution in [0, 0.1) is 6.92 Å². The maximum atomic E-state index is 13.6. The first-order valence-electron chi connectivity index (χ1n) is 12.9. The first-order chi connectivity index (χ1) is 18.9. The van der Waals surface area contributed by atoms with Crippen LogP contribution in [0.4, 0.5) is 11.4 Å². The molecule has 1 unspecified atom stereocenters. The van der Waals surface area contributed by atoms with Crippen LogP contribution in [0.25, 0.3) is 22.2 Å². The fourth-order valence-electron chi connectivity index (χ4n) is 5.54. The highest BCUT2D eigenvalue weighted by Gasteiger charge is 2.45. The number of rotatable bonds is 5. The van der Waals surface area contributed by atoms with Crippen molar-refractivity contribution in [3.63, 3.8) is 0 Å². The average Bonchev–Trinajstić information content (AvgIpc) is 3.63. The Morgan fingerprint density at radius 2 is 1.77 bits per heavy atom. The van der Waals surface area contributed by atoms with E-state index in [0.29, 0.717) is 11.7 Å². The van der Waals surface area contributed by atoms with Crippen molar-refractivity contribution in [3.8, 4) is 11.1 Å². The zero-order valence-corrected chi connectivity index (χ0v) is 21.1. The highest BCUT2D eigenvalue weighted by atomic mass is 16.2. The lowest BCUT2D eigenvalue weighted by Crippen LogP contribution is -2.54. The standard InChI is InChI=1S/C29H24N6O4/c1-15-11-16(9-10-30-15)19-12-22-24(34(14-31-22)17-5-6-17)13-21(19)32-20-4-2-3-18-26(20)29(39)35(28(18)38)23-7-8-25(36)33-27(23)37/h2-4,9-14,17,23,32H,5-8H2,1H3,(H,33,36,37). The fourth-order valence-corrected chi connectivity index (χ4v) is 5.54. The van der Waals surface area contributed by atoms with Crippen LogP contribution < -0.4 is 10.6 Å². The van der Waals surface area contributed by atoms with Gasteiger partial charge in [0.05, 0.1) is 34.2 Å². The van der Waals surface area contributed by atoms with E-state index in [0.717, 1.165) is 51.3 Å². The Balaban J connectivity index is 1.33. The van der Waals surface area contributed by atoms with Crippen molar-refractivity contribution in [1.82, 2.24) is 24.8 Å². The number of imidazole rings is 1. The molecule has 2 aromatic heterocycles. The molecule has 1 aliphatic carbocycles. The highest BCUT2D eigenvalue weighted by Crippen LogP contribution is 2.41. The summed E-state index contributed by atoms with van der Waals surface area (Å²) in [6.45, 7) is 1.93. The van der Waals surface area contributed by atoms with E-state index in [-0.39, 0.29) is 24.0 Å². The first kappa shape index (κ1) is 23.3. The number of hydrogen-bond acceptors (Lipinski definition) is 7. The van der Waals surface area contributed by atoms with Crippen molar-refractivity contribution in [3.05, 3.63) is 71.8 Å². The highest BCUT2D eigenvalue weighted by molar-refractivity contribution is 6.25. The molecule has 3 aliphatic rings. The lowest BCUT2D eigenvalue weighted by atomic mass is 10.0. The van der Waals surface area contributed by atoms with Gasteiger partial charge >= 0.3 is 0 Å². The van der Waals surface area contributed by atoms with E-state index in [1.165, 1.54) is 0 Å². The first-order valence-corrected chi connectivity index (χ1v) is 12.9. The largest absolute Gasteiger partial charge is 0.354 e. The molecular formula is C29H24N6O4. The van der Waals surface area contributed by atoms with E-state index in [2.05, 4.69) is 25.2 Å². The third kappa shape index (κ3) is 3.79. The van der Waals surface area contributed by atoms with E-state index in [4.69, 9.17) is 0 Å². The number of aryl methyl sites for hydroxylation is 1. The molecule has 7 rings (SSSR count). The van der Waals surface area contributed by atoms with Gasteiger partial charge in [-0.15, -0.1) is 0 Å². The smallest absolute Gasteiger partial charge is 0.264 e. The van der Waals surface area contributed by atoms with Crippen molar-refractivity contribution in [2.45, 2.75) is 44.7 Å². The van der Waals surface area contributed by atoms with E-state index < -0.39 is 29.7 Å². The monoisotopic (exact) mass is 520 g/mol. The molecule has 4 amide bonds. The van der Waals surface area contributed by atoms with Gasteiger partial charge in [-0.3, -0.25) is 34.4 Å². The molecule has 1 saturated heterocycles. The predicted octanol–water partition coefficient (Wildman–Crippen LogP) is 3.89. The number of fused-ring (bicyclic) bond motifs is 2. The molecule has 0 bridgehead atoms. The summed E-state index contributed by atoms with van der Waals surface area (Å²) < 4.78 is 2.18. The third-order valence-corrected chi connectivity index (χ3v) is 7.60. The molecular weight excluding hydrogens is 496 g/mol. The van der Waals surface area contributed by atoms with Gasteiger partial charge < -0.3 is 9.88 Å². The second-order valence-electron chi connectivity index (χ2n) is 10.3. The van der Waals surface area contributed by atoms with Crippen LogP contribution in [0.15, 0.2) is 55.0 Å². The minimum atomic E-state index is -1.03. The molecule has 39 heavy (non-hydrogen) atoms. The minimum absolute atomic E-state index is 0.0678. The molecule has 10 nitrogen and oxygen atoms in total. The number of anilines is 2. The van der Waals surface area contributed by atoms with Gasteiger partial charge in [0.2, 0.25) is 11.8 Å². The average molecular weight is 521 g/mol. The molecule has 2 fully saturated rings. The Bertz CT molecular complexity index is 1740. The fraction of sp³-hybridized carbons (Fsp3) is 0.241. The number of benzene rings is 2. The Hall–Kier alpha value is -4.86. The maximum absolute atomic E-state index is 13.6. The van der Waals surface area contributed by atoms with Crippen LogP contribution in [-0.2, 0) is 9.59 Å². The topological polar surface area (TPSA) is 126 Å². The van der Waals surface area contributed by atoms with Gasteiger partial charge in [-0.1, -0.05) is 6.07 Å². The Morgan fingerprint density at radius 3 is 2.54 bits per heavy atom. The van der Waals surface area contributed by atoms with Crippen molar-refractivity contribution in [2.24, 2.45) is 0 Å². The van der Waals surface area contributed by atoms with Crippen LogP contribution in [0.3, 0.4) is 0 Å². The summed E-state index contributed by atoms with van der Waals surface area (Å²) in [6.07, 6.45) is 6.01. The molecule has 10 heteroatoms. The van der Waals surface area contributed by atoms with Gasteiger partial charge in [-0.05, 0) is 68.1 Å². The van der Waals surface area contributed by atoms with Crippen LogP contribution in [0.2, 0.25) is 0 Å². The van der Waals surface area contributed by atoms with Crippen molar-refractivity contribution in [1.29, 1.82) is 0 Å². The summed E-state index contributed by atoms with van der Waals surface area (Å²) in [7, 11) is 0. The van der Waals surface area contributed by atoms with Crippen molar-refractivity contribution < 1.29 is 19.2 Å². The number of carbonyl (C=O) groups excluding carboxylic acids is 4. The normalized spacial score (nSPS) is 19.0. The van der Waals surface area contributed by atoms with Gasteiger partial charge in [0.15, 0.2) is 0 Å².